The van der Waals surface area contributed by atoms with Gasteiger partial charge in [0, 0.05) is 16.6 Å². The maximum Gasteiger partial charge on any atom is 0.275 e. The lowest BCUT2D eigenvalue weighted by Gasteiger charge is -2.11. The molecule has 1 amide bonds. The molecular weight excluding hydrogens is 614 g/mol. The van der Waals surface area contributed by atoms with Crippen LogP contribution < -0.4 is 10.2 Å². The third-order valence-corrected chi connectivity index (χ3v) is 5.84. The number of phenols is 1. The lowest BCUT2D eigenvalue weighted by atomic mass is 10.1. The number of halogens is 3. The summed E-state index contributed by atoms with van der Waals surface area (Å²) in [5.41, 5.74) is 3.32. The highest BCUT2D eigenvalue weighted by molar-refractivity contribution is 9.11. The van der Waals surface area contributed by atoms with Crippen LogP contribution in [0.4, 0.5) is 5.69 Å². The number of amides is 1. The molecule has 0 aliphatic carbocycles. The molecule has 8 nitrogen and oxygen atoms in total. The number of phenolic OH excluding ortho intramolecular Hbond substituents is 1. The van der Waals surface area contributed by atoms with E-state index >= 15 is 0 Å². The van der Waals surface area contributed by atoms with Gasteiger partial charge in [-0.1, -0.05) is 28.1 Å². The molecular formula is C21H14Br3N3O5. The third-order valence-electron chi connectivity index (χ3n) is 4.13. The molecule has 0 aromatic heterocycles. The number of benzene rings is 3. The fourth-order valence-electron chi connectivity index (χ4n) is 2.57. The average Bonchev–Trinajstić information content (AvgIpc) is 2.74. The van der Waals surface area contributed by atoms with Gasteiger partial charge in [0.15, 0.2) is 0 Å². The molecule has 0 radical (unpaired) electrons. The Balaban J connectivity index is 1.67. The second kappa shape index (κ2) is 10.7. The number of aromatic hydroxyl groups is 1. The van der Waals surface area contributed by atoms with Crippen LogP contribution in [0.15, 0.2) is 73.1 Å². The summed E-state index contributed by atoms with van der Waals surface area (Å²) in [4.78, 5) is 22.4. The normalized spacial score (nSPS) is 10.8. The van der Waals surface area contributed by atoms with E-state index in [4.69, 9.17) is 4.74 Å². The minimum absolute atomic E-state index is 0.254. The Bertz CT molecular complexity index is 1180. The van der Waals surface area contributed by atoms with Gasteiger partial charge in [0.2, 0.25) is 0 Å². The molecule has 0 bridgehead atoms. The standard InChI is InChI=1S/C21H14Br3N3O5/c22-14-3-1-12(2-4-14)11-32-20-17(23)7-13(8-18(20)24)10-25-26-21(29)16-9-15(27(30)31)5-6-19(16)28/h1-10,28H,11H2,(H,26,29)/b25-10-. The highest BCUT2D eigenvalue weighted by Gasteiger charge is 2.16. The zero-order valence-corrected chi connectivity index (χ0v) is 20.8. The summed E-state index contributed by atoms with van der Waals surface area (Å²) in [6, 6.07) is 14.4. The minimum Gasteiger partial charge on any atom is -0.507 e. The molecule has 11 heteroatoms. The number of hydrogen-bond acceptors (Lipinski definition) is 6. The van der Waals surface area contributed by atoms with Crippen LogP contribution >= 0.6 is 47.8 Å². The fraction of sp³-hybridized carbons (Fsp3) is 0.0476. The van der Waals surface area contributed by atoms with Gasteiger partial charge in [0.1, 0.15) is 18.1 Å². The van der Waals surface area contributed by atoms with Crippen molar-refractivity contribution in [3.63, 3.8) is 0 Å². The smallest absolute Gasteiger partial charge is 0.275 e. The van der Waals surface area contributed by atoms with E-state index < -0.39 is 10.8 Å². The lowest BCUT2D eigenvalue weighted by Crippen LogP contribution is -2.18. The molecule has 0 unspecified atom stereocenters. The predicted octanol–water partition coefficient (Wildman–Crippen LogP) is 5.93. The number of nitrogens with zero attached hydrogens (tertiary/aromatic N) is 2. The van der Waals surface area contributed by atoms with Crippen LogP contribution in [0.2, 0.25) is 0 Å². The number of nitro groups is 1. The molecule has 164 valence electrons. The molecule has 0 saturated heterocycles. The van der Waals surface area contributed by atoms with Crippen LogP contribution in [0.3, 0.4) is 0 Å². The van der Waals surface area contributed by atoms with Gasteiger partial charge in [-0.2, -0.15) is 5.10 Å². The first kappa shape index (κ1) is 23.9. The van der Waals surface area contributed by atoms with Crippen LogP contribution in [0.1, 0.15) is 21.5 Å². The van der Waals surface area contributed by atoms with Gasteiger partial charge in [-0.3, -0.25) is 14.9 Å². The van der Waals surface area contributed by atoms with Crippen molar-refractivity contribution in [3.8, 4) is 11.5 Å². The molecule has 32 heavy (non-hydrogen) atoms. The van der Waals surface area contributed by atoms with Crippen LogP contribution in [-0.4, -0.2) is 22.2 Å². The molecule has 3 rings (SSSR count). The van der Waals surface area contributed by atoms with Gasteiger partial charge < -0.3 is 9.84 Å². The van der Waals surface area contributed by atoms with Crippen molar-refractivity contribution in [1.82, 2.24) is 5.43 Å². The van der Waals surface area contributed by atoms with Crippen molar-refractivity contribution >= 4 is 65.6 Å². The number of non-ortho nitro benzene ring substituents is 1. The second-order valence-corrected chi connectivity index (χ2v) is 9.01. The quantitative estimate of drug-likeness (QED) is 0.191. The zero-order valence-electron chi connectivity index (χ0n) is 16.1. The van der Waals surface area contributed by atoms with Crippen molar-refractivity contribution in [2.75, 3.05) is 0 Å². The van der Waals surface area contributed by atoms with Crippen LogP contribution in [-0.2, 0) is 6.61 Å². The number of nitrogens with one attached hydrogen (secondary N) is 1. The summed E-state index contributed by atoms with van der Waals surface area (Å²) >= 11 is 10.3. The molecule has 0 aliphatic heterocycles. The molecule has 3 aromatic rings. The Morgan fingerprint density at radius 1 is 1.09 bits per heavy atom. The number of carbonyl (C=O) groups is 1. The molecule has 0 spiro atoms. The van der Waals surface area contributed by atoms with Gasteiger partial charge in [-0.05, 0) is 73.3 Å². The zero-order chi connectivity index (χ0) is 23.3. The van der Waals surface area contributed by atoms with E-state index in [2.05, 4.69) is 58.3 Å². The highest BCUT2D eigenvalue weighted by atomic mass is 79.9. The minimum atomic E-state index is -0.782. The molecule has 0 atom stereocenters. The topological polar surface area (TPSA) is 114 Å². The van der Waals surface area contributed by atoms with Gasteiger partial charge in [-0.15, -0.1) is 0 Å². The first-order chi connectivity index (χ1) is 15.2. The molecule has 3 aromatic carbocycles. The Hall–Kier alpha value is -2.76. The van der Waals surface area contributed by atoms with Crippen molar-refractivity contribution in [3.05, 3.63) is 94.8 Å². The van der Waals surface area contributed by atoms with E-state index in [1.807, 2.05) is 24.3 Å². The summed E-state index contributed by atoms with van der Waals surface area (Å²) in [6.45, 7) is 0.376. The highest BCUT2D eigenvalue weighted by Crippen LogP contribution is 2.35. The Kier molecular flexibility index (Phi) is 7.99. The summed E-state index contributed by atoms with van der Waals surface area (Å²) in [7, 11) is 0. The number of hydrazone groups is 1. The number of carbonyl (C=O) groups excluding carboxylic acids is 1. The van der Waals surface area contributed by atoms with Crippen molar-refractivity contribution in [2.24, 2.45) is 5.10 Å². The van der Waals surface area contributed by atoms with E-state index in [-0.39, 0.29) is 17.0 Å². The molecule has 0 heterocycles. The van der Waals surface area contributed by atoms with Crippen LogP contribution in [0.5, 0.6) is 11.5 Å². The maximum atomic E-state index is 12.2. The number of rotatable bonds is 7. The van der Waals surface area contributed by atoms with Gasteiger partial charge in [0.25, 0.3) is 11.6 Å². The lowest BCUT2D eigenvalue weighted by molar-refractivity contribution is -0.384. The van der Waals surface area contributed by atoms with Crippen molar-refractivity contribution in [1.29, 1.82) is 0 Å². The van der Waals surface area contributed by atoms with E-state index in [1.54, 1.807) is 12.1 Å². The summed E-state index contributed by atoms with van der Waals surface area (Å²) in [6.07, 6.45) is 1.39. The Labute approximate surface area is 207 Å². The molecule has 0 fully saturated rings. The SMILES string of the molecule is O=C(N/N=C\c1cc(Br)c(OCc2ccc(Br)cc2)c(Br)c1)c1cc([N+](=O)[O-])ccc1O. The third kappa shape index (κ3) is 6.15. The Morgan fingerprint density at radius 2 is 1.75 bits per heavy atom. The number of nitro benzene ring substituents is 1. The average molecular weight is 628 g/mol. The second-order valence-electron chi connectivity index (χ2n) is 6.39. The summed E-state index contributed by atoms with van der Waals surface area (Å²) in [5.74, 6) is -0.563. The van der Waals surface area contributed by atoms with Crippen molar-refractivity contribution < 1.29 is 19.6 Å². The van der Waals surface area contributed by atoms with Crippen molar-refractivity contribution in [2.45, 2.75) is 6.61 Å². The van der Waals surface area contributed by atoms with E-state index in [0.29, 0.717) is 26.9 Å². The van der Waals surface area contributed by atoms with E-state index in [0.717, 1.165) is 28.2 Å². The largest absolute Gasteiger partial charge is 0.507 e. The first-order valence-electron chi connectivity index (χ1n) is 8.91. The van der Waals surface area contributed by atoms with Crippen LogP contribution in [0.25, 0.3) is 0 Å². The Morgan fingerprint density at radius 3 is 2.38 bits per heavy atom. The first-order valence-corrected chi connectivity index (χ1v) is 11.3. The fourth-order valence-corrected chi connectivity index (χ4v) is 4.29. The van der Waals surface area contributed by atoms with E-state index in [1.165, 1.54) is 6.21 Å². The molecule has 0 aliphatic rings. The predicted molar refractivity (Wildman–Crippen MR) is 130 cm³/mol. The van der Waals surface area contributed by atoms with Gasteiger partial charge in [-0.25, -0.2) is 5.43 Å². The van der Waals surface area contributed by atoms with Crippen LogP contribution in [0, 0.1) is 10.1 Å². The van der Waals surface area contributed by atoms with E-state index in [9.17, 15) is 20.0 Å². The summed E-state index contributed by atoms with van der Waals surface area (Å²) in [5, 5.41) is 24.5. The van der Waals surface area contributed by atoms with Gasteiger partial charge in [0.05, 0.1) is 25.6 Å². The maximum absolute atomic E-state index is 12.2. The summed E-state index contributed by atoms with van der Waals surface area (Å²) < 4.78 is 8.22. The number of hydrogen-bond donors (Lipinski definition) is 2. The number of ether oxygens (including phenoxy) is 1. The van der Waals surface area contributed by atoms with Gasteiger partial charge >= 0.3 is 0 Å². The monoisotopic (exact) mass is 625 g/mol. The molecule has 0 saturated carbocycles. The molecule has 2 N–H and O–H groups in total.